The van der Waals surface area contributed by atoms with Crippen LogP contribution in [0.2, 0.25) is 0 Å². The van der Waals surface area contributed by atoms with Gasteiger partial charge in [0.05, 0.1) is 11.5 Å². The van der Waals surface area contributed by atoms with E-state index in [2.05, 4.69) is 0 Å². The van der Waals surface area contributed by atoms with Crippen molar-refractivity contribution in [1.82, 2.24) is 4.90 Å². The maximum atomic E-state index is 12.8. The molecular formula is C27H27NO6S. The van der Waals surface area contributed by atoms with E-state index in [0.717, 1.165) is 33.2 Å². The van der Waals surface area contributed by atoms with E-state index in [0.29, 0.717) is 23.2 Å². The number of hydrogen-bond donors (Lipinski definition) is 0. The molecule has 0 saturated carbocycles. The lowest BCUT2D eigenvalue weighted by atomic mass is 9.98. The smallest absolute Gasteiger partial charge is 0.339 e. The second-order valence-corrected chi connectivity index (χ2v) is 11.5. The third-order valence-corrected chi connectivity index (χ3v) is 8.82. The molecule has 7 nitrogen and oxygen atoms in total. The first kappa shape index (κ1) is 23.4. The molecule has 1 amide bonds. The van der Waals surface area contributed by atoms with Crippen LogP contribution in [0.1, 0.15) is 29.7 Å². The molecule has 8 heteroatoms. The minimum atomic E-state index is -3.09. The fourth-order valence-corrected chi connectivity index (χ4v) is 6.82. The van der Waals surface area contributed by atoms with Crippen LogP contribution >= 0.6 is 0 Å². The summed E-state index contributed by atoms with van der Waals surface area (Å²) in [5, 5.41) is 1.73. The van der Waals surface area contributed by atoms with Gasteiger partial charge in [-0.15, -0.1) is 0 Å². The number of rotatable bonds is 5. The Labute approximate surface area is 203 Å². The molecule has 0 aliphatic carbocycles. The summed E-state index contributed by atoms with van der Waals surface area (Å²) in [6.45, 7) is 3.78. The minimum Gasteiger partial charge on any atom is -0.461 e. The Kier molecular flexibility index (Phi) is 5.79. The maximum Gasteiger partial charge on any atom is 0.339 e. The number of carbonyl (C=O) groups excluding carboxylic acids is 1. The normalized spacial score (nSPS) is 17.3. The van der Waals surface area contributed by atoms with Crippen LogP contribution in [0, 0.1) is 13.8 Å². The quantitative estimate of drug-likeness (QED) is 0.382. The van der Waals surface area contributed by atoms with Gasteiger partial charge in [-0.1, -0.05) is 30.3 Å². The monoisotopic (exact) mass is 493 g/mol. The van der Waals surface area contributed by atoms with Gasteiger partial charge in [0.15, 0.2) is 9.84 Å². The molecule has 0 N–H and O–H groups in total. The highest BCUT2D eigenvalue weighted by atomic mass is 32.2. The molecule has 1 atom stereocenters. The van der Waals surface area contributed by atoms with Crippen molar-refractivity contribution in [3.63, 3.8) is 0 Å². The minimum absolute atomic E-state index is 0.00373. The molecule has 1 aliphatic rings. The van der Waals surface area contributed by atoms with Crippen molar-refractivity contribution >= 4 is 37.7 Å². The van der Waals surface area contributed by atoms with Crippen molar-refractivity contribution in [3.8, 4) is 11.1 Å². The van der Waals surface area contributed by atoms with Gasteiger partial charge in [0.25, 0.3) is 0 Å². The number of carbonyl (C=O) groups is 1. The Balaban J connectivity index is 1.48. The van der Waals surface area contributed by atoms with Gasteiger partial charge in [-0.2, -0.15) is 0 Å². The number of nitrogens with zero attached hydrogens (tertiary/aromatic N) is 1. The number of furan rings is 1. The van der Waals surface area contributed by atoms with Gasteiger partial charge in [-0.25, -0.2) is 13.2 Å². The zero-order chi connectivity index (χ0) is 24.9. The van der Waals surface area contributed by atoms with Crippen LogP contribution in [-0.4, -0.2) is 43.8 Å². The largest absolute Gasteiger partial charge is 0.461 e. The van der Waals surface area contributed by atoms with Gasteiger partial charge in [-0.3, -0.25) is 4.79 Å². The summed E-state index contributed by atoms with van der Waals surface area (Å²) < 4.78 is 35.2. The van der Waals surface area contributed by atoms with Gasteiger partial charge >= 0.3 is 5.63 Å². The van der Waals surface area contributed by atoms with Gasteiger partial charge in [0.1, 0.15) is 16.9 Å². The Hall–Kier alpha value is -3.39. The Bertz CT molecular complexity index is 1610. The summed E-state index contributed by atoms with van der Waals surface area (Å²) >= 11 is 0. The van der Waals surface area contributed by atoms with Gasteiger partial charge in [0, 0.05) is 47.5 Å². The van der Waals surface area contributed by atoms with Crippen molar-refractivity contribution in [2.45, 2.75) is 39.2 Å². The number of aryl methyl sites for hydroxylation is 2. The highest BCUT2D eigenvalue weighted by Gasteiger charge is 2.32. The number of sulfone groups is 1. The molecular weight excluding hydrogens is 466 g/mol. The highest BCUT2D eigenvalue weighted by Crippen LogP contribution is 2.37. The molecule has 1 saturated heterocycles. The molecule has 2 aromatic heterocycles. The molecule has 1 fully saturated rings. The second kappa shape index (κ2) is 8.68. The molecule has 1 aliphatic heterocycles. The number of benzene rings is 2. The molecule has 1 unspecified atom stereocenters. The Morgan fingerprint density at radius 1 is 1.06 bits per heavy atom. The van der Waals surface area contributed by atoms with Crippen LogP contribution in [0.5, 0.6) is 0 Å². The van der Waals surface area contributed by atoms with Gasteiger partial charge in [-0.05, 0) is 43.9 Å². The van der Waals surface area contributed by atoms with Crippen molar-refractivity contribution in [3.05, 3.63) is 69.8 Å². The molecule has 2 aromatic carbocycles. The number of amides is 1. The van der Waals surface area contributed by atoms with Gasteiger partial charge in [0.2, 0.25) is 5.91 Å². The predicted molar refractivity (Wildman–Crippen MR) is 135 cm³/mol. The first-order valence-corrected chi connectivity index (χ1v) is 13.5. The van der Waals surface area contributed by atoms with E-state index in [1.807, 2.05) is 50.2 Å². The zero-order valence-electron chi connectivity index (χ0n) is 20.0. The molecule has 5 rings (SSSR count). The van der Waals surface area contributed by atoms with Crippen molar-refractivity contribution in [2.24, 2.45) is 0 Å². The molecule has 0 radical (unpaired) electrons. The summed E-state index contributed by atoms with van der Waals surface area (Å²) in [6.07, 6.45) is 0.777. The average Bonchev–Trinajstić information content (AvgIpc) is 3.35. The Morgan fingerprint density at radius 2 is 1.77 bits per heavy atom. The predicted octanol–water partition coefficient (Wildman–Crippen LogP) is 4.40. The first-order valence-electron chi connectivity index (χ1n) is 11.7. The van der Waals surface area contributed by atoms with E-state index in [1.54, 1.807) is 13.1 Å². The fraction of sp³-hybridized carbons (Fsp3) is 0.333. The first-order chi connectivity index (χ1) is 16.6. The molecule has 4 aromatic rings. The molecule has 0 spiro atoms. The van der Waals surface area contributed by atoms with E-state index < -0.39 is 15.5 Å². The third kappa shape index (κ3) is 4.27. The van der Waals surface area contributed by atoms with E-state index in [-0.39, 0.29) is 36.3 Å². The standard InChI is InChI=1S/C27H27NO6S/c1-16-20(9-10-25(29)28(3)19-11-12-35(31,32)15-19)27(30)34-23-14-24-22(13-21(16)23)26(17(2)33-24)18-7-5-4-6-8-18/h4-8,13-14,19H,9-12,15H2,1-3H3. The summed E-state index contributed by atoms with van der Waals surface area (Å²) in [6, 6.07) is 13.4. The summed E-state index contributed by atoms with van der Waals surface area (Å²) in [4.78, 5) is 27.1. The van der Waals surface area contributed by atoms with Crippen LogP contribution < -0.4 is 5.63 Å². The summed E-state index contributed by atoms with van der Waals surface area (Å²) in [5.74, 6) is 0.703. The van der Waals surface area contributed by atoms with Crippen LogP contribution in [0.4, 0.5) is 0 Å². The lowest BCUT2D eigenvalue weighted by molar-refractivity contribution is -0.131. The van der Waals surface area contributed by atoms with Crippen LogP contribution in [0.3, 0.4) is 0 Å². The van der Waals surface area contributed by atoms with E-state index >= 15 is 0 Å². The van der Waals surface area contributed by atoms with Gasteiger partial charge < -0.3 is 13.7 Å². The fourth-order valence-electron chi connectivity index (χ4n) is 5.05. The number of fused-ring (bicyclic) bond motifs is 2. The van der Waals surface area contributed by atoms with E-state index in [4.69, 9.17) is 8.83 Å². The lowest BCUT2D eigenvalue weighted by Crippen LogP contribution is -2.38. The second-order valence-electron chi connectivity index (χ2n) is 9.30. The molecule has 3 heterocycles. The van der Waals surface area contributed by atoms with Crippen LogP contribution in [0.25, 0.3) is 33.1 Å². The maximum absolute atomic E-state index is 12.8. The average molecular weight is 494 g/mol. The summed E-state index contributed by atoms with van der Waals surface area (Å²) in [7, 11) is -1.45. The topological polar surface area (TPSA) is 97.8 Å². The number of hydrogen-bond acceptors (Lipinski definition) is 6. The van der Waals surface area contributed by atoms with Crippen LogP contribution in [-0.2, 0) is 21.1 Å². The zero-order valence-corrected chi connectivity index (χ0v) is 20.8. The molecule has 0 bridgehead atoms. The van der Waals surface area contributed by atoms with Crippen molar-refractivity contribution < 1.29 is 22.0 Å². The van der Waals surface area contributed by atoms with Crippen molar-refractivity contribution in [2.75, 3.05) is 18.6 Å². The molecule has 182 valence electrons. The lowest BCUT2D eigenvalue weighted by Gasteiger charge is -2.23. The highest BCUT2D eigenvalue weighted by molar-refractivity contribution is 7.91. The SMILES string of the molecule is Cc1oc2cc3oc(=O)c(CCC(=O)N(C)C4CCS(=O)(=O)C4)c(C)c3cc2c1-c1ccccc1. The third-order valence-electron chi connectivity index (χ3n) is 7.07. The van der Waals surface area contributed by atoms with Crippen molar-refractivity contribution in [1.29, 1.82) is 0 Å². The summed E-state index contributed by atoms with van der Waals surface area (Å²) in [5.41, 5.74) is 3.89. The Morgan fingerprint density at radius 3 is 2.46 bits per heavy atom. The van der Waals surface area contributed by atoms with E-state index in [9.17, 15) is 18.0 Å². The van der Waals surface area contributed by atoms with E-state index in [1.165, 1.54) is 4.90 Å². The molecule has 35 heavy (non-hydrogen) atoms. The van der Waals surface area contributed by atoms with Crippen LogP contribution in [0.15, 0.2) is 56.1 Å².